The van der Waals surface area contributed by atoms with E-state index in [1.807, 2.05) is 0 Å². The van der Waals surface area contributed by atoms with Gasteiger partial charge in [-0.15, -0.1) is 13.2 Å². The Morgan fingerprint density at radius 3 is 1.82 bits per heavy atom. The highest BCUT2D eigenvalue weighted by Gasteiger charge is 2.30. The fourth-order valence-electron chi connectivity index (χ4n) is 3.58. The molecule has 176 valence electrons. The van der Waals surface area contributed by atoms with Gasteiger partial charge in [0.1, 0.15) is 17.3 Å². The Morgan fingerprint density at radius 1 is 0.667 bits per heavy atom. The van der Waals surface area contributed by atoms with Crippen molar-refractivity contribution in [2.45, 2.75) is 51.8 Å². The molecule has 0 heterocycles. The fourth-order valence-corrected chi connectivity index (χ4v) is 3.58. The minimum atomic E-state index is -4.72. The molecular formula is C27H28F4O2. The molecule has 0 unspecified atom stereocenters. The lowest BCUT2D eigenvalue weighted by Crippen LogP contribution is -2.16. The fraction of sp³-hybridized carbons (Fsp3) is 0.333. The Morgan fingerprint density at radius 2 is 1.21 bits per heavy atom. The summed E-state index contributed by atoms with van der Waals surface area (Å²) in [5.41, 5.74) is 2.70. The summed E-state index contributed by atoms with van der Waals surface area (Å²) in [5, 5.41) is 0. The summed E-state index contributed by atoms with van der Waals surface area (Å²) in [7, 11) is 0. The van der Waals surface area contributed by atoms with Crippen molar-refractivity contribution in [1.82, 2.24) is 0 Å². The van der Waals surface area contributed by atoms with Gasteiger partial charge in [-0.1, -0.05) is 75.4 Å². The molecular weight excluding hydrogens is 432 g/mol. The van der Waals surface area contributed by atoms with Gasteiger partial charge in [0.05, 0.1) is 6.61 Å². The van der Waals surface area contributed by atoms with Gasteiger partial charge in [-0.3, -0.25) is 0 Å². The van der Waals surface area contributed by atoms with Crippen LogP contribution in [0.15, 0.2) is 66.7 Å². The van der Waals surface area contributed by atoms with Gasteiger partial charge in [0.15, 0.2) is 0 Å². The van der Waals surface area contributed by atoms with Crippen LogP contribution in [-0.4, -0.2) is 13.0 Å². The van der Waals surface area contributed by atoms with Gasteiger partial charge in [-0.25, -0.2) is 4.39 Å². The SMILES string of the molecule is CCCCCCCCOc1ccc(-c2ccc(-c3ccc(OC(F)(F)F)cc3)cc2)c(F)c1. The van der Waals surface area contributed by atoms with Gasteiger partial charge in [-0.05, 0) is 47.4 Å². The first-order chi connectivity index (χ1) is 15.9. The number of hydrogen-bond acceptors (Lipinski definition) is 2. The lowest BCUT2D eigenvalue weighted by Gasteiger charge is -2.11. The van der Waals surface area contributed by atoms with Crippen molar-refractivity contribution in [2.24, 2.45) is 0 Å². The Bertz CT molecular complexity index is 996. The molecule has 0 fully saturated rings. The Balaban J connectivity index is 1.58. The maximum absolute atomic E-state index is 14.7. The second-order valence-corrected chi connectivity index (χ2v) is 7.91. The molecule has 0 bridgehead atoms. The van der Waals surface area contributed by atoms with E-state index < -0.39 is 6.36 Å². The van der Waals surface area contributed by atoms with Crippen LogP contribution in [-0.2, 0) is 0 Å². The number of rotatable bonds is 11. The van der Waals surface area contributed by atoms with Crippen molar-refractivity contribution in [2.75, 3.05) is 6.61 Å². The van der Waals surface area contributed by atoms with Crippen LogP contribution in [0, 0.1) is 5.82 Å². The van der Waals surface area contributed by atoms with E-state index in [4.69, 9.17) is 4.74 Å². The molecule has 0 atom stereocenters. The number of benzene rings is 3. The third-order valence-electron chi connectivity index (χ3n) is 5.32. The van der Waals surface area contributed by atoms with Gasteiger partial charge < -0.3 is 9.47 Å². The zero-order chi connectivity index (χ0) is 23.7. The van der Waals surface area contributed by atoms with Crippen LogP contribution < -0.4 is 9.47 Å². The average molecular weight is 461 g/mol. The van der Waals surface area contributed by atoms with Crippen molar-refractivity contribution in [3.05, 3.63) is 72.5 Å². The second kappa shape index (κ2) is 11.7. The van der Waals surface area contributed by atoms with E-state index in [1.54, 1.807) is 48.5 Å². The average Bonchev–Trinajstić information content (AvgIpc) is 2.78. The predicted molar refractivity (Wildman–Crippen MR) is 123 cm³/mol. The molecule has 6 heteroatoms. The number of alkyl halides is 3. The molecule has 3 aromatic rings. The molecule has 0 amide bonds. The quantitative estimate of drug-likeness (QED) is 0.210. The second-order valence-electron chi connectivity index (χ2n) is 7.91. The summed E-state index contributed by atoms with van der Waals surface area (Å²) >= 11 is 0. The number of ether oxygens (including phenoxy) is 2. The van der Waals surface area contributed by atoms with Gasteiger partial charge in [-0.2, -0.15) is 0 Å². The molecule has 0 aliphatic heterocycles. The van der Waals surface area contributed by atoms with Crippen molar-refractivity contribution < 1.29 is 27.0 Å². The zero-order valence-electron chi connectivity index (χ0n) is 18.6. The van der Waals surface area contributed by atoms with Gasteiger partial charge in [0.2, 0.25) is 0 Å². The molecule has 2 nitrogen and oxygen atoms in total. The van der Waals surface area contributed by atoms with E-state index in [-0.39, 0.29) is 11.6 Å². The van der Waals surface area contributed by atoms with Crippen LogP contribution in [0.5, 0.6) is 11.5 Å². The molecule has 0 spiro atoms. The van der Waals surface area contributed by atoms with Crippen LogP contribution in [0.2, 0.25) is 0 Å². The molecule has 0 aliphatic rings. The summed E-state index contributed by atoms with van der Waals surface area (Å²) in [6.45, 7) is 2.76. The molecule has 33 heavy (non-hydrogen) atoms. The topological polar surface area (TPSA) is 18.5 Å². The normalized spacial score (nSPS) is 11.4. The minimum Gasteiger partial charge on any atom is -0.493 e. The summed E-state index contributed by atoms with van der Waals surface area (Å²) in [4.78, 5) is 0. The predicted octanol–water partition coefficient (Wildman–Crippen LogP) is 8.80. The van der Waals surface area contributed by atoms with E-state index in [9.17, 15) is 17.6 Å². The van der Waals surface area contributed by atoms with Gasteiger partial charge in [0, 0.05) is 11.6 Å². The zero-order valence-corrected chi connectivity index (χ0v) is 18.6. The van der Waals surface area contributed by atoms with Gasteiger partial charge >= 0.3 is 6.36 Å². The molecule has 0 aliphatic carbocycles. The Kier molecular flexibility index (Phi) is 8.75. The van der Waals surface area contributed by atoms with E-state index in [1.165, 1.54) is 43.9 Å². The highest BCUT2D eigenvalue weighted by atomic mass is 19.4. The number of unbranched alkanes of at least 4 members (excludes halogenated alkanes) is 5. The lowest BCUT2D eigenvalue weighted by atomic mass is 10.00. The van der Waals surface area contributed by atoms with Crippen molar-refractivity contribution >= 4 is 0 Å². The Hall–Kier alpha value is -3.02. The maximum atomic E-state index is 14.7. The van der Waals surface area contributed by atoms with Crippen LogP contribution >= 0.6 is 0 Å². The van der Waals surface area contributed by atoms with Crippen LogP contribution in [0.1, 0.15) is 45.4 Å². The largest absolute Gasteiger partial charge is 0.573 e. The summed E-state index contributed by atoms with van der Waals surface area (Å²) in [5.74, 6) is -0.122. The minimum absolute atomic E-state index is 0.274. The third-order valence-corrected chi connectivity index (χ3v) is 5.32. The molecule has 0 aromatic heterocycles. The standard InChI is InChI=1S/C27H28F4O2/c1-2-3-4-5-6-7-18-32-24-16-17-25(26(28)19-24)22-10-8-20(9-11-22)21-12-14-23(15-13-21)33-27(29,30)31/h8-17,19H,2-7,18H2,1H3. The van der Waals surface area contributed by atoms with E-state index in [0.717, 1.165) is 24.0 Å². The van der Waals surface area contributed by atoms with Crippen LogP contribution in [0.4, 0.5) is 17.6 Å². The highest BCUT2D eigenvalue weighted by Crippen LogP contribution is 2.30. The van der Waals surface area contributed by atoms with E-state index in [2.05, 4.69) is 11.7 Å². The molecule has 0 saturated heterocycles. The molecule has 0 N–H and O–H groups in total. The molecule has 3 rings (SSSR count). The van der Waals surface area contributed by atoms with E-state index >= 15 is 0 Å². The van der Waals surface area contributed by atoms with Crippen LogP contribution in [0.3, 0.4) is 0 Å². The third kappa shape index (κ3) is 7.81. The Labute approximate surface area is 192 Å². The van der Waals surface area contributed by atoms with Gasteiger partial charge in [0.25, 0.3) is 0 Å². The first-order valence-corrected chi connectivity index (χ1v) is 11.2. The van der Waals surface area contributed by atoms with Crippen molar-refractivity contribution in [1.29, 1.82) is 0 Å². The number of hydrogen-bond donors (Lipinski definition) is 0. The molecule has 0 radical (unpaired) electrons. The highest BCUT2D eigenvalue weighted by molar-refractivity contribution is 5.71. The monoisotopic (exact) mass is 460 g/mol. The summed E-state index contributed by atoms with van der Waals surface area (Å²) in [6, 6.07) is 17.7. The molecule has 0 saturated carbocycles. The van der Waals surface area contributed by atoms with Crippen molar-refractivity contribution in [3.63, 3.8) is 0 Å². The number of halogens is 4. The smallest absolute Gasteiger partial charge is 0.493 e. The maximum Gasteiger partial charge on any atom is 0.573 e. The lowest BCUT2D eigenvalue weighted by molar-refractivity contribution is -0.274. The summed E-state index contributed by atoms with van der Waals surface area (Å²) in [6.07, 6.45) is 2.28. The van der Waals surface area contributed by atoms with Crippen LogP contribution in [0.25, 0.3) is 22.3 Å². The molecule has 3 aromatic carbocycles. The van der Waals surface area contributed by atoms with Crippen molar-refractivity contribution in [3.8, 4) is 33.8 Å². The first kappa shape index (κ1) is 24.6. The van der Waals surface area contributed by atoms with E-state index in [0.29, 0.717) is 23.5 Å². The summed E-state index contributed by atoms with van der Waals surface area (Å²) < 4.78 is 61.1. The first-order valence-electron chi connectivity index (χ1n) is 11.2.